The van der Waals surface area contributed by atoms with Crippen LogP contribution in [0, 0.1) is 0 Å². The third-order valence-electron chi connectivity index (χ3n) is 3.36. The minimum atomic E-state index is 0.142. The average molecular weight is 291 g/mol. The minimum absolute atomic E-state index is 0.142. The molecular formula is C16H21NO2S. The third-order valence-corrected chi connectivity index (χ3v) is 4.41. The predicted octanol–water partition coefficient (Wildman–Crippen LogP) is 3.53. The van der Waals surface area contributed by atoms with E-state index in [1.54, 1.807) is 18.4 Å². The number of aliphatic hydroxyl groups is 1. The first-order valence-electron chi connectivity index (χ1n) is 6.79. The molecule has 0 saturated heterocycles. The first kappa shape index (κ1) is 15.0. The quantitative estimate of drug-likeness (QED) is 0.820. The highest BCUT2D eigenvalue weighted by atomic mass is 32.1. The fourth-order valence-electron chi connectivity index (χ4n) is 2.23. The summed E-state index contributed by atoms with van der Waals surface area (Å²) in [6, 6.07) is 12.6. The number of ether oxygens (including phenoxy) is 1. The van der Waals surface area contributed by atoms with Crippen LogP contribution in [0.25, 0.3) is 0 Å². The zero-order valence-corrected chi connectivity index (χ0v) is 12.7. The third kappa shape index (κ3) is 3.82. The summed E-state index contributed by atoms with van der Waals surface area (Å²) in [4.78, 5) is 1.31. The second kappa shape index (κ2) is 7.43. The number of thiophene rings is 1. The van der Waals surface area contributed by atoms with Crippen LogP contribution >= 0.6 is 11.3 Å². The second-order valence-electron chi connectivity index (χ2n) is 4.74. The van der Waals surface area contributed by atoms with Gasteiger partial charge >= 0.3 is 0 Å². The van der Waals surface area contributed by atoms with E-state index in [1.807, 2.05) is 24.3 Å². The highest BCUT2D eigenvalue weighted by molar-refractivity contribution is 7.10. The van der Waals surface area contributed by atoms with Gasteiger partial charge in [0.15, 0.2) is 0 Å². The summed E-state index contributed by atoms with van der Waals surface area (Å²) < 4.78 is 5.18. The zero-order chi connectivity index (χ0) is 14.4. The molecule has 0 aliphatic heterocycles. The van der Waals surface area contributed by atoms with Crippen LogP contribution in [0.2, 0.25) is 0 Å². The van der Waals surface area contributed by atoms with Crippen molar-refractivity contribution in [2.75, 3.05) is 13.7 Å². The molecule has 2 aromatic rings. The molecule has 2 unspecified atom stereocenters. The van der Waals surface area contributed by atoms with Gasteiger partial charge in [-0.05, 0) is 42.5 Å². The van der Waals surface area contributed by atoms with Crippen LogP contribution in [0.3, 0.4) is 0 Å². The van der Waals surface area contributed by atoms with Crippen molar-refractivity contribution in [3.8, 4) is 5.75 Å². The van der Waals surface area contributed by atoms with Crippen molar-refractivity contribution in [2.45, 2.75) is 25.4 Å². The maximum Gasteiger partial charge on any atom is 0.118 e. The van der Waals surface area contributed by atoms with Crippen LogP contribution in [0.15, 0.2) is 41.8 Å². The Hall–Kier alpha value is -1.36. The lowest BCUT2D eigenvalue weighted by Gasteiger charge is -2.23. The Balaban J connectivity index is 2.09. The van der Waals surface area contributed by atoms with E-state index in [0.717, 1.165) is 5.75 Å². The molecule has 0 aliphatic rings. The molecule has 3 nitrogen and oxygen atoms in total. The van der Waals surface area contributed by atoms with Gasteiger partial charge in [-0.15, -0.1) is 11.3 Å². The van der Waals surface area contributed by atoms with Crippen molar-refractivity contribution >= 4 is 11.3 Å². The molecule has 108 valence electrons. The van der Waals surface area contributed by atoms with Crippen LogP contribution in [0.4, 0.5) is 0 Å². The smallest absolute Gasteiger partial charge is 0.118 e. The van der Waals surface area contributed by atoms with E-state index in [2.05, 4.69) is 29.8 Å². The summed E-state index contributed by atoms with van der Waals surface area (Å²) in [5.41, 5.74) is 1.17. The maximum atomic E-state index is 9.28. The first-order chi connectivity index (χ1) is 9.74. The van der Waals surface area contributed by atoms with E-state index in [1.165, 1.54) is 10.4 Å². The lowest BCUT2D eigenvalue weighted by molar-refractivity contribution is 0.260. The number of nitrogens with one attached hydrogen (secondary N) is 1. The lowest BCUT2D eigenvalue weighted by atomic mass is 10.0. The predicted molar refractivity (Wildman–Crippen MR) is 83.3 cm³/mol. The summed E-state index contributed by atoms with van der Waals surface area (Å²) in [5, 5.41) is 14.9. The Morgan fingerprint density at radius 2 is 2.00 bits per heavy atom. The van der Waals surface area contributed by atoms with Crippen LogP contribution in [0.5, 0.6) is 5.75 Å². The highest BCUT2D eigenvalue weighted by Crippen LogP contribution is 2.25. The van der Waals surface area contributed by atoms with Crippen molar-refractivity contribution in [1.82, 2.24) is 5.32 Å². The van der Waals surface area contributed by atoms with Crippen molar-refractivity contribution in [3.63, 3.8) is 0 Å². The SMILES string of the molecule is COc1ccc(C(CCO)NC(C)c2cccs2)cc1. The van der Waals surface area contributed by atoms with Gasteiger partial charge in [0.1, 0.15) is 5.75 Å². The number of rotatable bonds is 7. The van der Waals surface area contributed by atoms with E-state index in [4.69, 9.17) is 4.74 Å². The number of hydrogen-bond acceptors (Lipinski definition) is 4. The van der Waals surface area contributed by atoms with E-state index in [9.17, 15) is 5.11 Å². The van der Waals surface area contributed by atoms with Gasteiger partial charge in [-0.25, -0.2) is 0 Å². The van der Waals surface area contributed by atoms with Crippen molar-refractivity contribution in [3.05, 3.63) is 52.2 Å². The molecule has 20 heavy (non-hydrogen) atoms. The number of benzene rings is 1. The molecule has 0 saturated carbocycles. The largest absolute Gasteiger partial charge is 0.497 e. The summed E-state index contributed by atoms with van der Waals surface area (Å²) in [7, 11) is 1.66. The Kier molecular flexibility index (Phi) is 5.59. The fraction of sp³-hybridized carbons (Fsp3) is 0.375. The van der Waals surface area contributed by atoms with Gasteiger partial charge in [-0.2, -0.15) is 0 Å². The van der Waals surface area contributed by atoms with Gasteiger partial charge in [-0.1, -0.05) is 18.2 Å². The van der Waals surface area contributed by atoms with Crippen LogP contribution in [0.1, 0.15) is 35.9 Å². The molecule has 0 spiro atoms. The Bertz CT molecular complexity index is 496. The van der Waals surface area contributed by atoms with Gasteiger partial charge in [0.2, 0.25) is 0 Å². The van der Waals surface area contributed by atoms with Crippen molar-refractivity contribution in [1.29, 1.82) is 0 Å². The fourth-order valence-corrected chi connectivity index (χ4v) is 2.98. The maximum absolute atomic E-state index is 9.28. The van der Waals surface area contributed by atoms with Crippen molar-refractivity contribution < 1.29 is 9.84 Å². The summed E-state index contributed by atoms with van der Waals surface area (Å²) >= 11 is 1.75. The molecule has 0 radical (unpaired) electrons. The van der Waals surface area contributed by atoms with Crippen molar-refractivity contribution in [2.24, 2.45) is 0 Å². The van der Waals surface area contributed by atoms with E-state index in [-0.39, 0.29) is 18.7 Å². The Labute approximate surface area is 124 Å². The van der Waals surface area contributed by atoms with Gasteiger partial charge in [0.25, 0.3) is 0 Å². The Morgan fingerprint density at radius 3 is 2.55 bits per heavy atom. The highest BCUT2D eigenvalue weighted by Gasteiger charge is 2.15. The van der Waals surface area contributed by atoms with Gasteiger partial charge in [0, 0.05) is 23.6 Å². The standard InChI is InChI=1S/C16H21NO2S/c1-12(16-4-3-11-20-16)17-15(9-10-18)13-5-7-14(19-2)8-6-13/h3-8,11-12,15,17-18H,9-10H2,1-2H3. The molecule has 1 aromatic carbocycles. The van der Waals surface area contributed by atoms with Gasteiger partial charge in [-0.3, -0.25) is 0 Å². The lowest BCUT2D eigenvalue weighted by Crippen LogP contribution is -2.25. The average Bonchev–Trinajstić information content (AvgIpc) is 3.01. The molecule has 0 amide bonds. The molecule has 0 aliphatic carbocycles. The molecule has 1 heterocycles. The van der Waals surface area contributed by atoms with Crippen LogP contribution < -0.4 is 10.1 Å². The minimum Gasteiger partial charge on any atom is -0.497 e. The molecular weight excluding hydrogens is 270 g/mol. The molecule has 2 rings (SSSR count). The summed E-state index contributed by atoms with van der Waals surface area (Å²) in [5.74, 6) is 0.850. The molecule has 2 N–H and O–H groups in total. The molecule has 0 bridgehead atoms. The number of hydrogen-bond donors (Lipinski definition) is 2. The molecule has 2 atom stereocenters. The summed E-state index contributed by atoms with van der Waals surface area (Å²) in [6.07, 6.45) is 0.696. The van der Waals surface area contributed by atoms with Gasteiger partial charge in [0.05, 0.1) is 7.11 Å². The normalized spacial score (nSPS) is 13.9. The molecule has 1 aromatic heterocycles. The van der Waals surface area contributed by atoms with Crippen LogP contribution in [-0.4, -0.2) is 18.8 Å². The first-order valence-corrected chi connectivity index (χ1v) is 7.67. The molecule has 0 fully saturated rings. The van der Waals surface area contributed by atoms with Crippen LogP contribution in [-0.2, 0) is 0 Å². The topological polar surface area (TPSA) is 41.5 Å². The second-order valence-corrected chi connectivity index (χ2v) is 5.72. The molecule has 4 heteroatoms. The Morgan fingerprint density at radius 1 is 1.25 bits per heavy atom. The summed E-state index contributed by atoms with van der Waals surface area (Å²) in [6.45, 7) is 2.32. The monoisotopic (exact) mass is 291 g/mol. The van der Waals surface area contributed by atoms with E-state index < -0.39 is 0 Å². The van der Waals surface area contributed by atoms with E-state index in [0.29, 0.717) is 6.42 Å². The number of methoxy groups -OCH3 is 1. The van der Waals surface area contributed by atoms with Gasteiger partial charge < -0.3 is 15.2 Å². The number of aliphatic hydroxyl groups excluding tert-OH is 1. The van der Waals surface area contributed by atoms with E-state index >= 15 is 0 Å². The zero-order valence-electron chi connectivity index (χ0n) is 11.9.